The van der Waals surface area contributed by atoms with E-state index in [0.29, 0.717) is 16.7 Å². The van der Waals surface area contributed by atoms with Crippen LogP contribution in [0.4, 0.5) is 13.2 Å². The fourth-order valence-corrected chi connectivity index (χ4v) is 2.10. The van der Waals surface area contributed by atoms with Crippen molar-refractivity contribution in [3.05, 3.63) is 64.6 Å². The van der Waals surface area contributed by atoms with Gasteiger partial charge in [-0.1, -0.05) is 41.6 Å². The maximum atomic E-state index is 12.7. The van der Waals surface area contributed by atoms with Crippen LogP contribution >= 0.6 is 0 Å². The van der Waals surface area contributed by atoms with Crippen molar-refractivity contribution in [3.63, 3.8) is 0 Å². The van der Waals surface area contributed by atoms with E-state index in [1.807, 2.05) is 0 Å². The second-order valence-corrected chi connectivity index (χ2v) is 4.82. The normalized spacial score (nSPS) is 12.7. The van der Waals surface area contributed by atoms with Crippen molar-refractivity contribution < 1.29 is 18.0 Å². The molecule has 114 valence electrons. The van der Waals surface area contributed by atoms with E-state index in [2.05, 4.69) is 5.18 Å². The summed E-state index contributed by atoms with van der Waals surface area (Å²) < 4.78 is 38.1. The van der Waals surface area contributed by atoms with Crippen LogP contribution in [0.1, 0.15) is 24.1 Å². The Morgan fingerprint density at radius 3 is 2.18 bits per heavy atom. The molecule has 2 rings (SSSR count). The molecular weight excluding hydrogens is 295 g/mol. The SMILES string of the molecule is CC(=O)C(N=O)c1ccc(-c2cccc(C(F)(F)F)c2)cc1. The van der Waals surface area contributed by atoms with E-state index in [9.17, 15) is 22.9 Å². The van der Waals surface area contributed by atoms with Gasteiger partial charge in [0.25, 0.3) is 0 Å². The number of rotatable bonds is 4. The molecule has 2 aromatic rings. The van der Waals surface area contributed by atoms with Crippen LogP contribution in [-0.2, 0) is 11.0 Å². The van der Waals surface area contributed by atoms with E-state index >= 15 is 0 Å². The Morgan fingerprint density at radius 2 is 1.68 bits per heavy atom. The Kier molecular flexibility index (Phi) is 4.40. The Hall–Kier alpha value is -2.50. The minimum absolute atomic E-state index is 0.387. The lowest BCUT2D eigenvalue weighted by molar-refractivity contribution is -0.137. The summed E-state index contributed by atoms with van der Waals surface area (Å²) in [7, 11) is 0. The fourth-order valence-electron chi connectivity index (χ4n) is 2.10. The molecule has 0 aromatic heterocycles. The molecule has 0 heterocycles. The first kappa shape index (κ1) is 15.9. The van der Waals surface area contributed by atoms with Crippen LogP contribution in [0.2, 0.25) is 0 Å². The zero-order valence-corrected chi connectivity index (χ0v) is 11.6. The predicted octanol–water partition coefficient (Wildman–Crippen LogP) is 4.77. The van der Waals surface area contributed by atoms with Gasteiger partial charge in [0.05, 0.1) is 5.56 Å². The average molecular weight is 307 g/mol. The van der Waals surface area contributed by atoms with Crippen molar-refractivity contribution in [2.75, 3.05) is 0 Å². The maximum Gasteiger partial charge on any atom is 0.416 e. The van der Waals surface area contributed by atoms with Gasteiger partial charge in [-0.2, -0.15) is 13.2 Å². The fraction of sp³-hybridized carbons (Fsp3) is 0.188. The second kappa shape index (κ2) is 6.09. The molecule has 0 saturated carbocycles. The summed E-state index contributed by atoms with van der Waals surface area (Å²) in [5.41, 5.74) is 0.645. The zero-order valence-electron chi connectivity index (χ0n) is 11.6. The lowest BCUT2D eigenvalue weighted by Crippen LogP contribution is -2.05. The number of nitroso groups, excluding NO2 is 1. The van der Waals surface area contributed by atoms with Crippen LogP contribution in [0.3, 0.4) is 0 Å². The summed E-state index contributed by atoms with van der Waals surface area (Å²) in [5, 5.41) is 2.76. The Balaban J connectivity index is 2.35. The average Bonchev–Trinajstić information content (AvgIpc) is 2.47. The lowest BCUT2D eigenvalue weighted by atomic mass is 9.98. The first-order valence-electron chi connectivity index (χ1n) is 6.43. The van der Waals surface area contributed by atoms with Crippen molar-refractivity contribution >= 4 is 5.78 Å². The first-order valence-corrected chi connectivity index (χ1v) is 6.43. The minimum Gasteiger partial charge on any atom is -0.297 e. The summed E-state index contributed by atoms with van der Waals surface area (Å²) in [6, 6.07) is 10.0. The summed E-state index contributed by atoms with van der Waals surface area (Å²) in [6.07, 6.45) is -4.41. The van der Waals surface area contributed by atoms with E-state index in [1.54, 1.807) is 18.2 Å². The van der Waals surface area contributed by atoms with Crippen LogP contribution in [0.5, 0.6) is 0 Å². The van der Waals surface area contributed by atoms with Crippen molar-refractivity contribution in [2.45, 2.75) is 19.1 Å². The van der Waals surface area contributed by atoms with Gasteiger partial charge in [-0.05, 0) is 35.7 Å². The van der Waals surface area contributed by atoms with E-state index in [0.717, 1.165) is 12.1 Å². The van der Waals surface area contributed by atoms with Crippen molar-refractivity contribution in [1.82, 2.24) is 0 Å². The number of Topliss-reactive ketones (excluding diaryl/α,β-unsaturated/α-hetero) is 1. The zero-order chi connectivity index (χ0) is 16.3. The van der Waals surface area contributed by atoms with E-state index in [-0.39, 0.29) is 5.78 Å². The topological polar surface area (TPSA) is 46.5 Å². The molecule has 22 heavy (non-hydrogen) atoms. The van der Waals surface area contributed by atoms with Gasteiger partial charge in [0.1, 0.15) is 0 Å². The summed E-state index contributed by atoms with van der Waals surface area (Å²) in [5.74, 6) is -0.387. The van der Waals surface area contributed by atoms with E-state index < -0.39 is 17.8 Å². The van der Waals surface area contributed by atoms with Gasteiger partial charge < -0.3 is 0 Å². The van der Waals surface area contributed by atoms with Gasteiger partial charge in [0.2, 0.25) is 0 Å². The molecule has 0 saturated heterocycles. The number of ketones is 1. The minimum atomic E-state index is -4.41. The van der Waals surface area contributed by atoms with Crippen LogP contribution in [0.25, 0.3) is 11.1 Å². The predicted molar refractivity (Wildman–Crippen MR) is 76.1 cm³/mol. The van der Waals surface area contributed by atoms with Gasteiger partial charge in [-0.25, -0.2) is 0 Å². The number of nitrogens with zero attached hydrogens (tertiary/aromatic N) is 1. The summed E-state index contributed by atoms with van der Waals surface area (Å²) in [6.45, 7) is 1.26. The number of carbonyl (C=O) groups is 1. The highest BCUT2D eigenvalue weighted by molar-refractivity contribution is 5.83. The van der Waals surface area contributed by atoms with Crippen LogP contribution in [-0.4, -0.2) is 5.78 Å². The van der Waals surface area contributed by atoms with Crippen molar-refractivity contribution in [2.24, 2.45) is 5.18 Å². The Bertz CT molecular complexity index is 693. The molecule has 1 unspecified atom stereocenters. The summed E-state index contributed by atoms with van der Waals surface area (Å²) in [4.78, 5) is 21.9. The highest BCUT2D eigenvalue weighted by atomic mass is 19.4. The van der Waals surface area contributed by atoms with Crippen LogP contribution < -0.4 is 0 Å². The van der Waals surface area contributed by atoms with Crippen molar-refractivity contribution in [1.29, 1.82) is 0 Å². The number of carbonyl (C=O) groups excluding carboxylic acids is 1. The molecule has 1 atom stereocenters. The number of benzene rings is 2. The molecule has 0 N–H and O–H groups in total. The number of hydrogen-bond donors (Lipinski definition) is 0. The highest BCUT2D eigenvalue weighted by Crippen LogP contribution is 2.32. The van der Waals surface area contributed by atoms with Gasteiger partial charge in [-0.15, -0.1) is 4.91 Å². The molecule has 2 aromatic carbocycles. The largest absolute Gasteiger partial charge is 0.416 e. The maximum absolute atomic E-state index is 12.7. The third-order valence-electron chi connectivity index (χ3n) is 3.24. The van der Waals surface area contributed by atoms with Crippen LogP contribution in [0, 0.1) is 4.91 Å². The second-order valence-electron chi connectivity index (χ2n) is 4.82. The van der Waals surface area contributed by atoms with E-state index in [4.69, 9.17) is 0 Å². The molecule has 0 fully saturated rings. The standard InChI is InChI=1S/C16H12F3NO2/c1-10(21)15(20-22)12-7-5-11(6-8-12)13-3-2-4-14(9-13)16(17,18)19/h2-9,15H,1H3. The molecule has 3 nitrogen and oxygen atoms in total. The molecule has 0 amide bonds. The lowest BCUT2D eigenvalue weighted by Gasteiger charge is -2.10. The van der Waals surface area contributed by atoms with E-state index in [1.165, 1.54) is 25.1 Å². The highest BCUT2D eigenvalue weighted by Gasteiger charge is 2.30. The van der Waals surface area contributed by atoms with Crippen LogP contribution in [0.15, 0.2) is 53.7 Å². The molecule has 0 spiro atoms. The van der Waals surface area contributed by atoms with Gasteiger partial charge in [-0.3, -0.25) is 4.79 Å². The molecule has 0 aliphatic heterocycles. The molecule has 0 radical (unpaired) electrons. The smallest absolute Gasteiger partial charge is 0.297 e. The summed E-state index contributed by atoms with van der Waals surface area (Å²) >= 11 is 0. The molecule has 0 aliphatic carbocycles. The third-order valence-corrected chi connectivity index (χ3v) is 3.24. The number of alkyl halides is 3. The molecule has 6 heteroatoms. The Labute approximate surface area is 124 Å². The monoisotopic (exact) mass is 307 g/mol. The van der Waals surface area contributed by atoms with Gasteiger partial charge >= 0.3 is 6.18 Å². The molecule has 0 bridgehead atoms. The van der Waals surface area contributed by atoms with Gasteiger partial charge in [0, 0.05) is 0 Å². The molecule has 0 aliphatic rings. The third kappa shape index (κ3) is 3.39. The number of halogens is 3. The molecular formula is C16H12F3NO2. The van der Waals surface area contributed by atoms with Gasteiger partial charge in [0.15, 0.2) is 11.8 Å². The van der Waals surface area contributed by atoms with Crippen molar-refractivity contribution in [3.8, 4) is 11.1 Å². The first-order chi connectivity index (χ1) is 10.3. The quantitative estimate of drug-likeness (QED) is 0.764. The number of hydrogen-bond acceptors (Lipinski definition) is 3. The Morgan fingerprint density at radius 1 is 1.05 bits per heavy atom.